The molecule has 2 aromatic carbocycles. The zero-order chi connectivity index (χ0) is 26.3. The minimum Gasteiger partial charge on any atom is -0.437 e. The molecule has 186 valence electrons. The van der Waals surface area contributed by atoms with Crippen molar-refractivity contribution in [3.63, 3.8) is 0 Å². The molecule has 35 heavy (non-hydrogen) atoms. The third-order valence-electron chi connectivity index (χ3n) is 5.86. The van der Waals surface area contributed by atoms with Crippen molar-refractivity contribution in [2.45, 2.75) is 45.7 Å². The predicted molar refractivity (Wildman–Crippen MR) is 127 cm³/mol. The second kappa shape index (κ2) is 9.29. The molecule has 1 aromatic heterocycles. The fraction of sp³-hybridized carbons (Fsp3) is 0.292. The van der Waals surface area contributed by atoms with E-state index in [1.165, 1.54) is 30.5 Å². The smallest absolute Gasteiger partial charge is 0.435 e. The highest BCUT2D eigenvalue weighted by molar-refractivity contribution is 7.91. The van der Waals surface area contributed by atoms with Crippen LogP contribution in [0.2, 0.25) is 0 Å². The molecule has 3 aromatic rings. The first-order valence-corrected chi connectivity index (χ1v) is 12.4. The average Bonchev–Trinajstić information content (AvgIpc) is 2.74. The third kappa shape index (κ3) is 5.45. The molecule has 0 saturated heterocycles. The van der Waals surface area contributed by atoms with Crippen LogP contribution in [0.4, 0.5) is 18.9 Å². The number of rotatable bonds is 5. The van der Waals surface area contributed by atoms with Crippen molar-refractivity contribution in [2.24, 2.45) is 0 Å². The van der Waals surface area contributed by atoms with Crippen LogP contribution in [-0.4, -0.2) is 26.6 Å². The summed E-state index contributed by atoms with van der Waals surface area (Å²) in [5, 5.41) is 9.41. The first-order chi connectivity index (χ1) is 16.1. The molecule has 2 N–H and O–H groups in total. The summed E-state index contributed by atoms with van der Waals surface area (Å²) in [6, 6.07) is 7.48. The van der Waals surface area contributed by atoms with Crippen LogP contribution < -0.4 is 10.1 Å². The Morgan fingerprint density at radius 2 is 1.66 bits per heavy atom. The summed E-state index contributed by atoms with van der Waals surface area (Å²) in [5.74, 6) is -0.953. The van der Waals surface area contributed by atoms with Crippen molar-refractivity contribution >= 4 is 21.3 Å². The largest absolute Gasteiger partial charge is 0.437 e. The molecule has 1 heterocycles. The van der Waals surface area contributed by atoms with Crippen LogP contribution in [0.1, 0.15) is 43.9 Å². The molecule has 1 atom stereocenters. The highest BCUT2D eigenvalue weighted by Gasteiger charge is 2.38. The maximum atomic E-state index is 13.5. The van der Waals surface area contributed by atoms with E-state index < -0.39 is 38.6 Å². The van der Waals surface area contributed by atoms with Gasteiger partial charge in [-0.05, 0) is 86.7 Å². The SMILES string of the molecule is Cc1cc(Oc2nnc(C(F)(F)F)c(C)c2C(=O)Nc2cccc(S(C)(=N)=O)c2)c(C)c(C)c1C. The molecule has 0 bridgehead atoms. The second-order valence-electron chi connectivity index (χ2n) is 8.35. The monoisotopic (exact) mass is 506 g/mol. The minimum absolute atomic E-state index is 0.156. The Balaban J connectivity index is 2.13. The van der Waals surface area contributed by atoms with Crippen LogP contribution in [0.3, 0.4) is 0 Å². The number of benzene rings is 2. The normalized spacial score (nSPS) is 13.3. The standard InChI is InChI=1S/C24H25F3N4O3S/c1-12-10-19(15(4)14(3)13(12)2)34-23-20(16(5)21(30-31-23)24(25,26)27)22(32)29-17-8-7-9-18(11-17)35(6,28)33/h7-11,28H,1-6H3,(H,29,32). The van der Waals surface area contributed by atoms with Gasteiger partial charge in [-0.15, -0.1) is 10.2 Å². The van der Waals surface area contributed by atoms with Gasteiger partial charge in [-0.2, -0.15) is 13.2 Å². The number of alkyl halides is 3. The van der Waals surface area contributed by atoms with Crippen LogP contribution in [0.5, 0.6) is 11.6 Å². The number of amides is 1. The van der Waals surface area contributed by atoms with Crippen LogP contribution in [0, 0.1) is 39.4 Å². The highest BCUT2D eigenvalue weighted by atomic mass is 32.2. The molecule has 0 spiro atoms. The number of carbonyl (C=O) groups excluding carboxylic acids is 1. The Hall–Kier alpha value is -3.47. The van der Waals surface area contributed by atoms with E-state index in [0.29, 0.717) is 5.75 Å². The molecule has 0 saturated carbocycles. The maximum absolute atomic E-state index is 13.5. The fourth-order valence-corrected chi connectivity index (χ4v) is 4.19. The fourth-order valence-electron chi connectivity index (χ4n) is 3.50. The van der Waals surface area contributed by atoms with Crippen molar-refractivity contribution in [3.8, 4) is 11.6 Å². The van der Waals surface area contributed by atoms with E-state index in [1.54, 1.807) is 13.0 Å². The molecule has 0 radical (unpaired) electrons. The molecule has 11 heteroatoms. The van der Waals surface area contributed by atoms with Gasteiger partial charge in [-0.1, -0.05) is 6.07 Å². The van der Waals surface area contributed by atoms with Crippen molar-refractivity contribution < 1.29 is 26.9 Å². The zero-order valence-corrected chi connectivity index (χ0v) is 20.9. The third-order valence-corrected chi connectivity index (χ3v) is 7.02. The molecule has 0 fully saturated rings. The number of carbonyl (C=O) groups is 1. The van der Waals surface area contributed by atoms with Gasteiger partial charge in [0.25, 0.3) is 11.8 Å². The van der Waals surface area contributed by atoms with Crippen molar-refractivity contribution in [2.75, 3.05) is 11.6 Å². The van der Waals surface area contributed by atoms with Gasteiger partial charge >= 0.3 is 6.18 Å². The summed E-state index contributed by atoms with van der Waals surface area (Å²) in [7, 11) is -3.07. The van der Waals surface area contributed by atoms with Gasteiger partial charge in [-0.25, -0.2) is 8.99 Å². The highest BCUT2D eigenvalue weighted by Crippen LogP contribution is 2.36. The summed E-state index contributed by atoms with van der Waals surface area (Å²) in [4.78, 5) is 13.4. The number of nitrogens with zero attached hydrogens (tertiary/aromatic N) is 2. The van der Waals surface area contributed by atoms with Crippen LogP contribution in [-0.2, 0) is 15.9 Å². The number of nitrogens with one attached hydrogen (secondary N) is 2. The van der Waals surface area contributed by atoms with Gasteiger partial charge in [-0.3, -0.25) is 4.79 Å². The lowest BCUT2D eigenvalue weighted by Gasteiger charge is -2.18. The average molecular weight is 507 g/mol. The lowest BCUT2D eigenvalue weighted by molar-refractivity contribution is -0.142. The predicted octanol–water partition coefficient (Wildman–Crippen LogP) is 6.12. The van der Waals surface area contributed by atoms with Gasteiger partial charge in [0, 0.05) is 16.8 Å². The topological polar surface area (TPSA) is 105 Å². The van der Waals surface area contributed by atoms with Gasteiger partial charge in [0.05, 0.1) is 9.73 Å². The Labute approximate surface area is 201 Å². The molecule has 0 aliphatic rings. The maximum Gasteiger partial charge on any atom is 0.435 e. The molecule has 0 aliphatic heterocycles. The molecule has 1 amide bonds. The van der Waals surface area contributed by atoms with Gasteiger partial charge in [0.15, 0.2) is 5.69 Å². The molecule has 3 rings (SSSR count). The lowest BCUT2D eigenvalue weighted by atomic mass is 9.99. The van der Waals surface area contributed by atoms with E-state index in [2.05, 4.69) is 15.5 Å². The van der Waals surface area contributed by atoms with Crippen LogP contribution >= 0.6 is 0 Å². The molecule has 1 unspecified atom stereocenters. The number of aryl methyl sites for hydroxylation is 1. The summed E-state index contributed by atoms with van der Waals surface area (Å²) in [6.07, 6.45) is -3.61. The summed E-state index contributed by atoms with van der Waals surface area (Å²) in [5.41, 5.74) is 1.61. The summed E-state index contributed by atoms with van der Waals surface area (Å²) >= 11 is 0. The van der Waals surface area contributed by atoms with Gasteiger partial charge in [0.1, 0.15) is 11.3 Å². The van der Waals surface area contributed by atoms with E-state index in [0.717, 1.165) is 29.2 Å². The van der Waals surface area contributed by atoms with Crippen LogP contribution in [0.15, 0.2) is 35.2 Å². The number of hydrogen-bond acceptors (Lipinski definition) is 6. The van der Waals surface area contributed by atoms with Crippen LogP contribution in [0.25, 0.3) is 0 Å². The van der Waals surface area contributed by atoms with E-state index in [-0.39, 0.29) is 16.5 Å². The number of aromatic nitrogens is 2. The van der Waals surface area contributed by atoms with E-state index >= 15 is 0 Å². The molecule has 7 nitrogen and oxygen atoms in total. The lowest BCUT2D eigenvalue weighted by Crippen LogP contribution is -2.21. The summed E-state index contributed by atoms with van der Waals surface area (Å²) < 4.78 is 66.3. The van der Waals surface area contributed by atoms with E-state index in [9.17, 15) is 22.2 Å². The van der Waals surface area contributed by atoms with Crippen molar-refractivity contribution in [1.29, 1.82) is 4.78 Å². The van der Waals surface area contributed by atoms with Gasteiger partial charge in [0.2, 0.25) is 0 Å². The second-order valence-corrected chi connectivity index (χ2v) is 10.5. The first-order valence-electron chi connectivity index (χ1n) is 10.5. The van der Waals surface area contributed by atoms with E-state index in [1.807, 2.05) is 20.8 Å². The molecular formula is C24H25F3N4O3S. The van der Waals surface area contributed by atoms with Gasteiger partial charge < -0.3 is 10.1 Å². The molecule has 0 aliphatic carbocycles. The Morgan fingerprint density at radius 3 is 2.26 bits per heavy atom. The van der Waals surface area contributed by atoms with Crippen molar-refractivity contribution in [1.82, 2.24) is 10.2 Å². The van der Waals surface area contributed by atoms with E-state index in [4.69, 9.17) is 9.52 Å². The Morgan fingerprint density at radius 1 is 1.00 bits per heavy atom. The summed E-state index contributed by atoms with van der Waals surface area (Å²) in [6.45, 7) is 8.64. The first kappa shape index (κ1) is 26.1. The number of anilines is 1. The quantitative estimate of drug-likeness (QED) is 0.434. The molecular weight excluding hydrogens is 481 g/mol. The Kier molecular flexibility index (Phi) is 6.94. The van der Waals surface area contributed by atoms with Crippen molar-refractivity contribution in [3.05, 3.63) is 69.4 Å². The Bertz CT molecular complexity index is 1430. The number of hydrogen-bond donors (Lipinski definition) is 2. The minimum atomic E-state index is -4.84. The number of halogens is 3. The number of ether oxygens (including phenoxy) is 1. The zero-order valence-electron chi connectivity index (χ0n) is 20.0.